The number of hydrogen-bond donors (Lipinski definition) is 0. The monoisotopic (exact) mass is 386 g/mol. The molecule has 0 aliphatic carbocycles. The minimum Gasteiger partial charge on any atom is -0.297 e. The Hall–Kier alpha value is -2.44. The molecular weight excluding hydrogens is 368 g/mol. The molecule has 9 heteroatoms. The Balaban J connectivity index is 1.57. The van der Waals surface area contributed by atoms with Gasteiger partial charge in [0.1, 0.15) is 11.6 Å². The van der Waals surface area contributed by atoms with Crippen LogP contribution in [-0.4, -0.2) is 30.7 Å². The van der Waals surface area contributed by atoms with Gasteiger partial charge in [-0.2, -0.15) is 5.26 Å². The summed E-state index contributed by atoms with van der Waals surface area (Å²) in [5.41, 5.74) is 2.67. The van der Waals surface area contributed by atoms with Gasteiger partial charge in [-0.05, 0) is 26.7 Å². The number of Topliss-reactive ketones (excluding diaryl/α,β-unsaturated/α-hetero) is 1. The van der Waals surface area contributed by atoms with Gasteiger partial charge in [0.25, 0.3) is 0 Å². The van der Waals surface area contributed by atoms with E-state index in [0.717, 1.165) is 38.4 Å². The van der Waals surface area contributed by atoms with Crippen LogP contribution < -0.4 is 0 Å². The first-order valence-corrected chi connectivity index (χ1v) is 9.91. The third-order valence-electron chi connectivity index (χ3n) is 3.68. The molecule has 0 N–H and O–H groups in total. The predicted octanol–water partition coefficient (Wildman–Crippen LogP) is 3.13. The zero-order chi connectivity index (χ0) is 18.5. The van der Waals surface area contributed by atoms with Crippen LogP contribution in [0.3, 0.4) is 0 Å². The normalized spacial score (nSPS) is 10.8. The second-order valence-corrected chi connectivity index (χ2v) is 8.05. The lowest BCUT2D eigenvalue weighted by molar-refractivity contribution is -0.119. The maximum absolute atomic E-state index is 12.3. The number of hydrogen-bond acceptors (Lipinski definition) is 8. The molecule has 3 heterocycles. The highest BCUT2D eigenvalue weighted by Gasteiger charge is 2.14. The molecular formula is C17H18N6OS2. The fourth-order valence-electron chi connectivity index (χ4n) is 2.55. The van der Waals surface area contributed by atoms with Crippen LogP contribution in [0.15, 0.2) is 11.6 Å². The number of nitrogens with zero attached hydrogens (tertiary/aromatic N) is 6. The zero-order valence-corrected chi connectivity index (χ0v) is 16.2. The number of thiazole rings is 2. The molecule has 0 aliphatic heterocycles. The molecule has 3 aromatic rings. The molecule has 3 rings (SSSR count). The predicted molar refractivity (Wildman–Crippen MR) is 100.0 cm³/mol. The number of nitriles is 1. The van der Waals surface area contributed by atoms with Crippen LogP contribution >= 0.6 is 22.7 Å². The fourth-order valence-corrected chi connectivity index (χ4v) is 4.32. The van der Waals surface area contributed by atoms with E-state index in [0.29, 0.717) is 12.8 Å². The molecule has 0 bridgehead atoms. The summed E-state index contributed by atoms with van der Waals surface area (Å²) < 4.78 is 1.55. The van der Waals surface area contributed by atoms with Gasteiger partial charge in [0.2, 0.25) is 0 Å². The van der Waals surface area contributed by atoms with Crippen molar-refractivity contribution in [3.8, 4) is 16.6 Å². The average Bonchev–Trinajstić information content (AvgIpc) is 3.29. The van der Waals surface area contributed by atoms with Crippen molar-refractivity contribution in [2.75, 3.05) is 0 Å². The molecule has 3 aromatic heterocycles. The van der Waals surface area contributed by atoms with E-state index in [9.17, 15) is 4.79 Å². The molecule has 134 valence electrons. The summed E-state index contributed by atoms with van der Waals surface area (Å²) in [6.07, 6.45) is 4.00. The van der Waals surface area contributed by atoms with Gasteiger partial charge in [0, 0.05) is 18.0 Å². The summed E-state index contributed by atoms with van der Waals surface area (Å²) in [5.74, 6) is 0.0385. The SMILES string of the molecule is Cc1nc(C)c(-c2csc(CC(=O)Cn3cc(CCCC#N)nn3)n2)s1. The van der Waals surface area contributed by atoms with E-state index < -0.39 is 0 Å². The van der Waals surface area contributed by atoms with Gasteiger partial charge in [-0.3, -0.25) is 4.79 Å². The van der Waals surface area contributed by atoms with Crippen LogP contribution in [0, 0.1) is 25.2 Å². The van der Waals surface area contributed by atoms with Crippen LogP contribution in [0.5, 0.6) is 0 Å². The summed E-state index contributed by atoms with van der Waals surface area (Å²) >= 11 is 3.11. The van der Waals surface area contributed by atoms with Gasteiger partial charge in [-0.15, -0.1) is 27.8 Å². The zero-order valence-electron chi connectivity index (χ0n) is 14.6. The lowest BCUT2D eigenvalue weighted by Crippen LogP contribution is -2.13. The Morgan fingerprint density at radius 3 is 2.92 bits per heavy atom. The molecule has 26 heavy (non-hydrogen) atoms. The quantitative estimate of drug-likeness (QED) is 0.552. The average molecular weight is 387 g/mol. The Kier molecular flexibility index (Phi) is 5.85. The van der Waals surface area contributed by atoms with Gasteiger partial charge < -0.3 is 0 Å². The number of carbonyl (C=O) groups is 1. The summed E-state index contributed by atoms with van der Waals surface area (Å²) in [7, 11) is 0. The van der Waals surface area contributed by atoms with Crippen molar-refractivity contribution in [3.63, 3.8) is 0 Å². The minimum atomic E-state index is 0.0385. The van der Waals surface area contributed by atoms with E-state index in [-0.39, 0.29) is 18.7 Å². The van der Waals surface area contributed by atoms with E-state index in [1.54, 1.807) is 22.2 Å². The van der Waals surface area contributed by atoms with Gasteiger partial charge in [0.05, 0.1) is 39.5 Å². The molecule has 0 spiro atoms. The van der Waals surface area contributed by atoms with Crippen LogP contribution in [0.4, 0.5) is 0 Å². The maximum atomic E-state index is 12.3. The smallest absolute Gasteiger partial charge is 0.161 e. The Labute approximate surface area is 159 Å². The van der Waals surface area contributed by atoms with Crippen LogP contribution in [0.2, 0.25) is 0 Å². The topological polar surface area (TPSA) is 97.3 Å². The number of carbonyl (C=O) groups excluding carboxylic acids is 1. The van der Waals surface area contributed by atoms with Crippen LogP contribution in [0.1, 0.15) is 34.2 Å². The number of ketones is 1. The highest BCUT2D eigenvalue weighted by molar-refractivity contribution is 7.16. The maximum Gasteiger partial charge on any atom is 0.161 e. The molecule has 7 nitrogen and oxygen atoms in total. The molecule has 0 atom stereocenters. The van der Waals surface area contributed by atoms with E-state index >= 15 is 0 Å². The van der Waals surface area contributed by atoms with Gasteiger partial charge >= 0.3 is 0 Å². The van der Waals surface area contributed by atoms with Crippen molar-refractivity contribution in [2.24, 2.45) is 0 Å². The van der Waals surface area contributed by atoms with Crippen molar-refractivity contribution in [1.29, 1.82) is 5.26 Å². The Morgan fingerprint density at radius 2 is 2.19 bits per heavy atom. The van der Waals surface area contributed by atoms with Gasteiger partial charge in [-0.1, -0.05) is 5.21 Å². The first-order valence-electron chi connectivity index (χ1n) is 8.21. The highest BCUT2D eigenvalue weighted by Crippen LogP contribution is 2.30. The van der Waals surface area contributed by atoms with E-state index in [2.05, 4.69) is 26.3 Å². The molecule has 0 saturated heterocycles. The lowest BCUT2D eigenvalue weighted by atomic mass is 10.2. The summed E-state index contributed by atoms with van der Waals surface area (Å²) in [4.78, 5) is 22.4. The lowest BCUT2D eigenvalue weighted by Gasteiger charge is -1.98. The van der Waals surface area contributed by atoms with Crippen molar-refractivity contribution in [1.82, 2.24) is 25.0 Å². The Bertz CT molecular complexity index is 949. The number of aryl methyl sites for hydroxylation is 3. The largest absolute Gasteiger partial charge is 0.297 e. The molecule has 0 amide bonds. The van der Waals surface area contributed by atoms with Crippen molar-refractivity contribution in [3.05, 3.63) is 33.0 Å². The van der Waals surface area contributed by atoms with Crippen molar-refractivity contribution < 1.29 is 4.79 Å². The molecule has 0 unspecified atom stereocenters. The van der Waals surface area contributed by atoms with Crippen LogP contribution in [0.25, 0.3) is 10.6 Å². The summed E-state index contributed by atoms with van der Waals surface area (Å²) in [6, 6.07) is 2.10. The van der Waals surface area contributed by atoms with Crippen LogP contribution in [-0.2, 0) is 24.2 Å². The van der Waals surface area contributed by atoms with E-state index in [1.165, 1.54) is 11.3 Å². The minimum absolute atomic E-state index is 0.0385. The number of unbranched alkanes of at least 4 members (excludes halogenated alkanes) is 1. The Morgan fingerprint density at radius 1 is 1.35 bits per heavy atom. The molecule has 0 fully saturated rings. The molecule has 0 saturated carbocycles. The summed E-state index contributed by atoms with van der Waals surface area (Å²) in [6.45, 7) is 4.13. The van der Waals surface area contributed by atoms with Crippen molar-refractivity contribution in [2.45, 2.75) is 46.1 Å². The second kappa shape index (κ2) is 8.29. The molecule has 0 aromatic carbocycles. The first kappa shape index (κ1) is 18.4. The highest BCUT2D eigenvalue weighted by atomic mass is 32.1. The van der Waals surface area contributed by atoms with Gasteiger partial charge in [-0.25, -0.2) is 14.6 Å². The molecule has 0 radical (unpaired) electrons. The van der Waals surface area contributed by atoms with Gasteiger partial charge in [0.15, 0.2) is 5.78 Å². The number of aromatic nitrogens is 5. The third-order valence-corrected chi connectivity index (χ3v) is 5.63. The standard InChI is InChI=1S/C17H18N6OS2/c1-11-17(26-12(2)19-11)15-10-25-16(20-15)7-14(24)9-23-8-13(21-22-23)5-3-4-6-18/h8,10H,3-5,7,9H2,1-2H3. The summed E-state index contributed by atoms with van der Waals surface area (Å²) in [5, 5.41) is 20.4. The first-order chi connectivity index (χ1) is 12.5. The molecule has 0 aliphatic rings. The van der Waals surface area contributed by atoms with E-state index in [1.807, 2.05) is 19.2 Å². The number of rotatable bonds is 8. The van der Waals surface area contributed by atoms with E-state index in [4.69, 9.17) is 5.26 Å². The third kappa shape index (κ3) is 4.59. The van der Waals surface area contributed by atoms with Crippen molar-refractivity contribution >= 4 is 28.5 Å². The fraction of sp³-hybridized carbons (Fsp3) is 0.412. The second-order valence-electron chi connectivity index (χ2n) is 5.91.